The van der Waals surface area contributed by atoms with Crippen LogP contribution in [0.1, 0.15) is 64.4 Å². The van der Waals surface area contributed by atoms with Crippen molar-refractivity contribution in [2.45, 2.75) is 71.3 Å². The number of hydrogen-bond donors (Lipinski definition) is 3. The summed E-state index contributed by atoms with van der Waals surface area (Å²) in [5.74, 6) is 0.233. The lowest BCUT2D eigenvalue weighted by Crippen LogP contribution is -2.41. The number of nitrogens with one attached hydrogen (secondary N) is 1. The molecule has 1 aromatic rings. The molecule has 1 fully saturated rings. The second-order valence-corrected chi connectivity index (χ2v) is 7.70. The van der Waals surface area contributed by atoms with Gasteiger partial charge in [-0.3, -0.25) is 9.59 Å². The van der Waals surface area contributed by atoms with Gasteiger partial charge in [-0.25, -0.2) is 0 Å². The van der Waals surface area contributed by atoms with E-state index in [2.05, 4.69) is 50.0 Å². The molecule has 1 heterocycles. The normalized spacial score (nSPS) is 13.3. The van der Waals surface area contributed by atoms with Gasteiger partial charge in [0, 0.05) is 19.1 Å². The summed E-state index contributed by atoms with van der Waals surface area (Å²) < 4.78 is 0. The molecule has 1 unspecified atom stereocenters. The molecule has 0 spiro atoms. The van der Waals surface area contributed by atoms with Crippen LogP contribution in [0.3, 0.4) is 0 Å². The van der Waals surface area contributed by atoms with Gasteiger partial charge in [0.1, 0.15) is 0 Å². The zero-order valence-corrected chi connectivity index (χ0v) is 19.5. The van der Waals surface area contributed by atoms with Crippen molar-refractivity contribution in [1.82, 2.24) is 10.2 Å². The fourth-order valence-electron chi connectivity index (χ4n) is 3.39. The zero-order chi connectivity index (χ0) is 23.3. The summed E-state index contributed by atoms with van der Waals surface area (Å²) in [6.07, 6.45) is 8.80. The van der Waals surface area contributed by atoms with Crippen molar-refractivity contribution in [3.8, 4) is 0 Å². The van der Waals surface area contributed by atoms with Gasteiger partial charge in [0.15, 0.2) is 0 Å². The number of nitrogens with two attached hydrogens (primary N) is 1. The van der Waals surface area contributed by atoms with E-state index in [4.69, 9.17) is 15.6 Å². The molecule has 2 rings (SSSR count). The molecule has 0 radical (unpaired) electrons. The van der Waals surface area contributed by atoms with Gasteiger partial charge in [0.2, 0.25) is 5.91 Å². The maximum atomic E-state index is 12.2. The molecular formula is C25H43N3O3. The van der Waals surface area contributed by atoms with E-state index < -0.39 is 0 Å². The van der Waals surface area contributed by atoms with E-state index >= 15 is 0 Å². The van der Waals surface area contributed by atoms with Gasteiger partial charge in [-0.2, -0.15) is 0 Å². The van der Waals surface area contributed by atoms with Crippen LogP contribution in [0, 0.1) is 0 Å². The number of carbonyl (C=O) groups is 2. The Morgan fingerprint density at radius 2 is 1.84 bits per heavy atom. The average molecular weight is 434 g/mol. The molecular weight excluding hydrogens is 390 g/mol. The van der Waals surface area contributed by atoms with E-state index in [1.165, 1.54) is 24.0 Å². The van der Waals surface area contributed by atoms with Gasteiger partial charge in [-0.15, -0.1) is 0 Å². The third-order valence-corrected chi connectivity index (χ3v) is 5.14. The lowest BCUT2D eigenvalue weighted by molar-refractivity contribution is -0.129. The Kier molecular flexibility index (Phi) is 18.4. The lowest BCUT2D eigenvalue weighted by atomic mass is 9.97. The summed E-state index contributed by atoms with van der Waals surface area (Å²) in [5.41, 5.74) is 7.70. The van der Waals surface area contributed by atoms with E-state index in [9.17, 15) is 4.79 Å². The number of benzene rings is 1. The molecule has 31 heavy (non-hydrogen) atoms. The molecule has 1 amide bonds. The third-order valence-electron chi connectivity index (χ3n) is 5.14. The van der Waals surface area contributed by atoms with Crippen LogP contribution in [0.4, 0.5) is 0 Å². The number of unbranched alkanes of at least 4 members (excludes halogenated alkanes) is 1. The van der Waals surface area contributed by atoms with Crippen LogP contribution < -0.4 is 11.1 Å². The van der Waals surface area contributed by atoms with E-state index in [-0.39, 0.29) is 18.4 Å². The largest absolute Gasteiger partial charge is 0.483 e. The second-order valence-electron chi connectivity index (χ2n) is 7.70. The molecule has 0 saturated carbocycles. The van der Waals surface area contributed by atoms with Crippen LogP contribution in [-0.4, -0.2) is 54.6 Å². The highest BCUT2D eigenvalue weighted by Crippen LogP contribution is 2.15. The highest BCUT2D eigenvalue weighted by molar-refractivity contribution is 5.78. The number of carboxylic acid groups (broad SMARTS) is 1. The topological polar surface area (TPSA) is 95.7 Å². The van der Waals surface area contributed by atoms with Crippen LogP contribution in [0.2, 0.25) is 0 Å². The van der Waals surface area contributed by atoms with Gasteiger partial charge in [0.25, 0.3) is 6.47 Å². The number of carbonyl (C=O) groups excluding carboxylic acids is 1. The smallest absolute Gasteiger partial charge is 0.290 e. The van der Waals surface area contributed by atoms with Gasteiger partial charge >= 0.3 is 0 Å². The molecule has 6 heteroatoms. The Morgan fingerprint density at radius 3 is 2.32 bits per heavy atom. The zero-order valence-electron chi connectivity index (χ0n) is 19.5. The number of hydrogen-bond acceptors (Lipinski definition) is 4. The number of rotatable bonds is 11. The fraction of sp³-hybridized carbons (Fsp3) is 0.600. The predicted octanol–water partition coefficient (Wildman–Crippen LogP) is 4.00. The first-order valence-electron chi connectivity index (χ1n) is 11.5. The van der Waals surface area contributed by atoms with Crippen molar-refractivity contribution in [2.24, 2.45) is 5.73 Å². The minimum absolute atomic E-state index is 0.224. The van der Waals surface area contributed by atoms with Crippen LogP contribution in [0.15, 0.2) is 42.5 Å². The molecule has 1 atom stereocenters. The van der Waals surface area contributed by atoms with Crippen LogP contribution >= 0.6 is 0 Å². The van der Waals surface area contributed by atoms with Crippen LogP contribution in [0.5, 0.6) is 0 Å². The number of aryl methyl sites for hydroxylation is 1. The molecule has 1 aliphatic rings. The van der Waals surface area contributed by atoms with Crippen molar-refractivity contribution in [3.63, 3.8) is 0 Å². The summed E-state index contributed by atoms with van der Waals surface area (Å²) in [6.45, 7) is 11.4. The minimum atomic E-state index is -0.250. The minimum Gasteiger partial charge on any atom is -0.483 e. The monoisotopic (exact) mass is 433 g/mol. The summed E-state index contributed by atoms with van der Waals surface area (Å²) in [5, 5.41) is 10.3. The van der Waals surface area contributed by atoms with Crippen molar-refractivity contribution in [2.75, 3.05) is 26.2 Å². The molecule has 0 aromatic heterocycles. The number of amides is 1. The quantitative estimate of drug-likeness (QED) is 0.362. The van der Waals surface area contributed by atoms with Gasteiger partial charge in [0.05, 0.1) is 6.54 Å². The maximum Gasteiger partial charge on any atom is 0.290 e. The Balaban J connectivity index is 0.000000968. The first kappa shape index (κ1) is 28.8. The molecule has 0 aliphatic carbocycles. The Labute approximate surface area is 188 Å². The molecule has 1 aromatic carbocycles. The SMILES string of the molecule is C=C(CCC)C(CCc1ccccc1)NCC(=O)N1CCCC1.CCCCN.O=CO. The molecule has 176 valence electrons. The Hall–Kier alpha value is -2.18. The molecule has 1 saturated heterocycles. The Morgan fingerprint density at radius 1 is 1.23 bits per heavy atom. The Bertz CT molecular complexity index is 585. The lowest BCUT2D eigenvalue weighted by Gasteiger charge is -2.23. The summed E-state index contributed by atoms with van der Waals surface area (Å²) in [4.78, 5) is 22.6. The third kappa shape index (κ3) is 14.5. The summed E-state index contributed by atoms with van der Waals surface area (Å²) in [6, 6.07) is 10.8. The van der Waals surface area contributed by atoms with Crippen molar-refractivity contribution < 1.29 is 14.7 Å². The summed E-state index contributed by atoms with van der Waals surface area (Å²) >= 11 is 0. The van der Waals surface area contributed by atoms with Crippen molar-refractivity contribution >= 4 is 12.4 Å². The van der Waals surface area contributed by atoms with E-state index in [1.54, 1.807) is 0 Å². The average Bonchev–Trinajstić information content (AvgIpc) is 3.31. The highest BCUT2D eigenvalue weighted by atomic mass is 16.3. The highest BCUT2D eigenvalue weighted by Gasteiger charge is 2.19. The van der Waals surface area contributed by atoms with Gasteiger partial charge in [-0.1, -0.05) is 69.2 Å². The first-order chi connectivity index (χ1) is 15.0. The van der Waals surface area contributed by atoms with E-state index in [0.29, 0.717) is 6.54 Å². The van der Waals surface area contributed by atoms with Crippen LogP contribution in [-0.2, 0) is 16.0 Å². The van der Waals surface area contributed by atoms with Crippen molar-refractivity contribution in [1.29, 1.82) is 0 Å². The predicted molar refractivity (Wildman–Crippen MR) is 129 cm³/mol. The first-order valence-corrected chi connectivity index (χ1v) is 11.5. The van der Waals surface area contributed by atoms with Crippen molar-refractivity contribution in [3.05, 3.63) is 48.0 Å². The van der Waals surface area contributed by atoms with E-state index in [1.807, 2.05) is 11.0 Å². The standard InChI is InChI=1S/C20H30N2O.C4H11N.CH2O2/c1-3-9-17(2)19(13-12-18-10-5-4-6-11-18)21-16-20(23)22-14-7-8-15-22;1-2-3-4-5;2-1-3/h4-6,10-11,19,21H,2-3,7-9,12-16H2,1H3;2-5H2,1H3;1H,(H,2,3). The van der Waals surface area contributed by atoms with Gasteiger partial charge in [-0.05, 0) is 50.6 Å². The maximum absolute atomic E-state index is 12.2. The van der Waals surface area contributed by atoms with E-state index in [0.717, 1.165) is 58.2 Å². The molecule has 6 nitrogen and oxygen atoms in total. The summed E-state index contributed by atoms with van der Waals surface area (Å²) in [7, 11) is 0. The molecule has 0 bridgehead atoms. The molecule has 1 aliphatic heterocycles. The number of likely N-dealkylation sites (tertiary alicyclic amines) is 1. The van der Waals surface area contributed by atoms with Crippen LogP contribution in [0.25, 0.3) is 0 Å². The second kappa shape index (κ2) is 19.8. The number of nitrogens with zero attached hydrogens (tertiary/aromatic N) is 1. The van der Waals surface area contributed by atoms with Gasteiger partial charge < -0.3 is 21.1 Å². The molecule has 4 N–H and O–H groups in total. The fourth-order valence-corrected chi connectivity index (χ4v) is 3.39.